The maximum atomic E-state index is 10.9. The Labute approximate surface area is 94.4 Å². The molecule has 0 atom stereocenters. The fourth-order valence-corrected chi connectivity index (χ4v) is 1.47. The summed E-state index contributed by atoms with van der Waals surface area (Å²) < 4.78 is 9.87. The SMILES string of the molecule is O=[N+]([O-])c1cccc(C2OC=CO2)c1[N+](=O)[O-]. The van der Waals surface area contributed by atoms with Crippen LogP contribution in [0.1, 0.15) is 11.9 Å². The lowest BCUT2D eigenvalue weighted by Crippen LogP contribution is -2.05. The van der Waals surface area contributed by atoms with E-state index >= 15 is 0 Å². The van der Waals surface area contributed by atoms with Gasteiger partial charge in [-0.25, -0.2) is 0 Å². The van der Waals surface area contributed by atoms with Gasteiger partial charge in [-0.3, -0.25) is 20.2 Å². The zero-order chi connectivity index (χ0) is 12.4. The van der Waals surface area contributed by atoms with Crippen molar-refractivity contribution in [2.45, 2.75) is 6.29 Å². The van der Waals surface area contributed by atoms with E-state index in [1.165, 1.54) is 24.7 Å². The molecular formula is C9H6N2O6. The van der Waals surface area contributed by atoms with Gasteiger partial charge in [0.15, 0.2) is 0 Å². The van der Waals surface area contributed by atoms with E-state index in [4.69, 9.17) is 9.47 Å². The van der Waals surface area contributed by atoms with E-state index in [2.05, 4.69) is 0 Å². The first-order chi connectivity index (χ1) is 8.11. The average molecular weight is 238 g/mol. The summed E-state index contributed by atoms with van der Waals surface area (Å²) in [6.45, 7) is 0. The Morgan fingerprint density at radius 1 is 1.06 bits per heavy atom. The van der Waals surface area contributed by atoms with Gasteiger partial charge in [0.25, 0.3) is 6.29 Å². The van der Waals surface area contributed by atoms with E-state index < -0.39 is 27.5 Å². The molecule has 2 rings (SSSR count). The third-order valence-electron chi connectivity index (χ3n) is 2.14. The minimum atomic E-state index is -1.02. The van der Waals surface area contributed by atoms with Crippen LogP contribution in [0.2, 0.25) is 0 Å². The van der Waals surface area contributed by atoms with Gasteiger partial charge in [-0.2, -0.15) is 0 Å². The molecule has 0 unspecified atom stereocenters. The second-order valence-corrected chi connectivity index (χ2v) is 3.11. The highest BCUT2D eigenvalue weighted by Crippen LogP contribution is 2.37. The molecule has 1 aromatic carbocycles. The van der Waals surface area contributed by atoms with Crippen LogP contribution in [0.5, 0.6) is 0 Å². The van der Waals surface area contributed by atoms with Crippen LogP contribution >= 0.6 is 0 Å². The molecule has 17 heavy (non-hydrogen) atoms. The van der Waals surface area contributed by atoms with E-state index in [-0.39, 0.29) is 5.56 Å². The fourth-order valence-electron chi connectivity index (χ4n) is 1.47. The summed E-state index contributed by atoms with van der Waals surface area (Å²) in [6, 6.07) is 3.75. The van der Waals surface area contributed by atoms with Crippen molar-refractivity contribution in [3.8, 4) is 0 Å². The predicted octanol–water partition coefficient (Wildman–Crippen LogP) is 2.02. The van der Waals surface area contributed by atoms with Crippen molar-refractivity contribution in [2.24, 2.45) is 0 Å². The predicted molar refractivity (Wildman–Crippen MR) is 53.8 cm³/mol. The highest BCUT2D eigenvalue weighted by Gasteiger charge is 2.34. The maximum absolute atomic E-state index is 10.9. The molecule has 0 radical (unpaired) electrons. The monoisotopic (exact) mass is 238 g/mol. The smallest absolute Gasteiger partial charge is 0.356 e. The van der Waals surface area contributed by atoms with Gasteiger partial charge in [-0.1, -0.05) is 6.07 Å². The summed E-state index contributed by atoms with van der Waals surface area (Å²) in [4.78, 5) is 19.9. The number of para-hydroxylation sites is 1. The largest absolute Gasteiger partial charge is 0.455 e. The van der Waals surface area contributed by atoms with Crippen LogP contribution in [0, 0.1) is 20.2 Å². The second-order valence-electron chi connectivity index (χ2n) is 3.11. The first kappa shape index (κ1) is 10.9. The van der Waals surface area contributed by atoms with Crippen molar-refractivity contribution in [2.75, 3.05) is 0 Å². The highest BCUT2D eigenvalue weighted by atomic mass is 16.7. The molecule has 88 valence electrons. The molecule has 1 aliphatic rings. The first-order valence-corrected chi connectivity index (χ1v) is 4.49. The Bertz CT molecular complexity index is 504. The molecule has 1 aromatic rings. The molecule has 0 aliphatic carbocycles. The number of ether oxygens (including phenoxy) is 2. The summed E-state index contributed by atoms with van der Waals surface area (Å²) in [5, 5.41) is 21.6. The van der Waals surface area contributed by atoms with Gasteiger partial charge in [0, 0.05) is 6.07 Å². The van der Waals surface area contributed by atoms with Crippen molar-refractivity contribution >= 4 is 11.4 Å². The lowest BCUT2D eigenvalue weighted by Gasteiger charge is -2.10. The Morgan fingerprint density at radius 3 is 2.24 bits per heavy atom. The van der Waals surface area contributed by atoms with Crippen LogP contribution < -0.4 is 0 Å². The molecule has 0 spiro atoms. The molecule has 0 N–H and O–H groups in total. The Kier molecular flexibility index (Phi) is 2.61. The number of nitrogens with zero attached hydrogens (tertiary/aromatic N) is 2. The number of nitro benzene ring substituents is 2. The van der Waals surface area contributed by atoms with E-state index in [9.17, 15) is 20.2 Å². The van der Waals surface area contributed by atoms with Crippen LogP contribution in [-0.2, 0) is 9.47 Å². The normalized spacial score (nSPS) is 14.1. The maximum Gasteiger partial charge on any atom is 0.356 e. The standard InChI is InChI=1S/C9H6N2O6/c12-10(13)7-3-1-2-6(8(7)11(14)15)9-16-4-5-17-9/h1-5,9H. The van der Waals surface area contributed by atoms with E-state index in [0.29, 0.717) is 0 Å². The number of rotatable bonds is 3. The fraction of sp³-hybridized carbons (Fsp3) is 0.111. The van der Waals surface area contributed by atoms with Crippen LogP contribution in [0.25, 0.3) is 0 Å². The quantitative estimate of drug-likeness (QED) is 0.589. The molecule has 0 fully saturated rings. The van der Waals surface area contributed by atoms with Crippen LogP contribution in [0.3, 0.4) is 0 Å². The van der Waals surface area contributed by atoms with Crippen molar-refractivity contribution in [3.63, 3.8) is 0 Å². The third-order valence-corrected chi connectivity index (χ3v) is 2.14. The Hall–Kier alpha value is -2.64. The molecule has 1 aliphatic heterocycles. The number of hydrogen-bond acceptors (Lipinski definition) is 6. The topological polar surface area (TPSA) is 105 Å². The Morgan fingerprint density at radius 2 is 1.71 bits per heavy atom. The van der Waals surface area contributed by atoms with Crippen LogP contribution in [0.4, 0.5) is 11.4 Å². The second kappa shape index (κ2) is 4.08. The lowest BCUT2D eigenvalue weighted by atomic mass is 10.1. The van der Waals surface area contributed by atoms with Gasteiger partial charge >= 0.3 is 11.4 Å². The van der Waals surface area contributed by atoms with Crippen LogP contribution in [0.15, 0.2) is 30.7 Å². The zero-order valence-corrected chi connectivity index (χ0v) is 8.31. The molecule has 0 bridgehead atoms. The minimum absolute atomic E-state index is 0.00852. The van der Waals surface area contributed by atoms with Crippen molar-refractivity contribution in [1.82, 2.24) is 0 Å². The first-order valence-electron chi connectivity index (χ1n) is 4.49. The van der Waals surface area contributed by atoms with Gasteiger partial charge in [-0.05, 0) is 6.07 Å². The van der Waals surface area contributed by atoms with E-state index in [1.807, 2.05) is 0 Å². The minimum Gasteiger partial charge on any atom is -0.455 e. The highest BCUT2D eigenvalue weighted by molar-refractivity contribution is 5.58. The summed E-state index contributed by atoms with van der Waals surface area (Å²) in [5.74, 6) is 0. The van der Waals surface area contributed by atoms with Gasteiger partial charge in [0.2, 0.25) is 0 Å². The summed E-state index contributed by atoms with van der Waals surface area (Å²) in [5.41, 5.74) is -1.20. The Balaban J connectivity index is 2.54. The number of benzene rings is 1. The molecule has 0 amide bonds. The molecule has 0 saturated heterocycles. The summed E-state index contributed by atoms with van der Waals surface area (Å²) in [7, 11) is 0. The number of nitro groups is 2. The van der Waals surface area contributed by atoms with E-state index in [0.717, 1.165) is 6.07 Å². The molecule has 8 heteroatoms. The zero-order valence-electron chi connectivity index (χ0n) is 8.31. The van der Waals surface area contributed by atoms with Gasteiger partial charge < -0.3 is 9.47 Å². The van der Waals surface area contributed by atoms with Crippen molar-refractivity contribution in [1.29, 1.82) is 0 Å². The van der Waals surface area contributed by atoms with Crippen molar-refractivity contribution < 1.29 is 19.3 Å². The molecule has 8 nitrogen and oxygen atoms in total. The van der Waals surface area contributed by atoms with Crippen LogP contribution in [-0.4, -0.2) is 9.85 Å². The van der Waals surface area contributed by atoms with Gasteiger partial charge in [0.1, 0.15) is 18.1 Å². The molecular weight excluding hydrogens is 232 g/mol. The molecule has 0 saturated carbocycles. The van der Waals surface area contributed by atoms with Crippen molar-refractivity contribution in [3.05, 3.63) is 56.5 Å². The average Bonchev–Trinajstić information content (AvgIpc) is 2.81. The summed E-state index contributed by atoms with van der Waals surface area (Å²) >= 11 is 0. The van der Waals surface area contributed by atoms with Gasteiger partial charge in [0.05, 0.1) is 9.85 Å². The van der Waals surface area contributed by atoms with E-state index in [1.54, 1.807) is 0 Å². The third kappa shape index (κ3) is 1.87. The number of hydrogen-bond donors (Lipinski definition) is 0. The summed E-state index contributed by atoms with van der Waals surface area (Å²) in [6.07, 6.45) is 1.41. The molecule has 0 aromatic heterocycles. The molecule has 1 heterocycles. The van der Waals surface area contributed by atoms with Gasteiger partial charge in [-0.15, -0.1) is 0 Å². The lowest BCUT2D eigenvalue weighted by molar-refractivity contribution is -0.423.